The third-order valence-electron chi connectivity index (χ3n) is 5.45. The van der Waals surface area contributed by atoms with Crippen molar-refractivity contribution >= 4 is 28.3 Å². The number of carbonyl (C=O) groups is 1. The first-order valence-electron chi connectivity index (χ1n) is 10.4. The number of amides is 2. The van der Waals surface area contributed by atoms with Gasteiger partial charge in [-0.05, 0) is 48.0 Å². The van der Waals surface area contributed by atoms with Crippen LogP contribution < -0.4 is 10.6 Å². The molecule has 5 rings (SSSR count). The van der Waals surface area contributed by atoms with Crippen LogP contribution in [-0.4, -0.2) is 20.4 Å². The highest BCUT2D eigenvalue weighted by Gasteiger charge is 2.09. The third kappa shape index (κ3) is 4.11. The second-order valence-electron chi connectivity index (χ2n) is 7.72. The SMILES string of the molecule is Cn1ccc2cc(NC(=O)Nc3cccc(-c4ccnn4Cc4ccccc4)c3)ccc21. The number of anilines is 2. The molecule has 0 atom stereocenters. The molecular weight excluding hydrogens is 398 g/mol. The van der Waals surface area contributed by atoms with Crippen molar-refractivity contribution in [3.05, 3.63) is 103 Å². The summed E-state index contributed by atoms with van der Waals surface area (Å²) < 4.78 is 4.01. The van der Waals surface area contributed by atoms with Gasteiger partial charge < -0.3 is 15.2 Å². The lowest BCUT2D eigenvalue weighted by Gasteiger charge is -2.11. The second kappa shape index (κ2) is 8.43. The van der Waals surface area contributed by atoms with Gasteiger partial charge in [0, 0.05) is 47.3 Å². The molecular formula is C26H23N5O. The van der Waals surface area contributed by atoms with E-state index in [0.29, 0.717) is 12.2 Å². The van der Waals surface area contributed by atoms with Gasteiger partial charge in [0.2, 0.25) is 0 Å². The number of aromatic nitrogens is 3. The number of nitrogens with one attached hydrogen (secondary N) is 2. The summed E-state index contributed by atoms with van der Waals surface area (Å²) in [4.78, 5) is 12.6. The molecule has 5 aromatic rings. The van der Waals surface area contributed by atoms with E-state index < -0.39 is 0 Å². The number of benzene rings is 3. The van der Waals surface area contributed by atoms with E-state index in [4.69, 9.17) is 0 Å². The maximum Gasteiger partial charge on any atom is 0.323 e. The summed E-state index contributed by atoms with van der Waals surface area (Å²) in [5.74, 6) is 0. The zero-order chi connectivity index (χ0) is 21.9. The molecule has 2 heterocycles. The molecule has 0 saturated heterocycles. The fourth-order valence-electron chi connectivity index (χ4n) is 3.87. The Hall–Kier alpha value is -4.32. The molecule has 2 N–H and O–H groups in total. The van der Waals surface area contributed by atoms with E-state index in [-0.39, 0.29) is 6.03 Å². The van der Waals surface area contributed by atoms with Crippen molar-refractivity contribution in [2.45, 2.75) is 6.54 Å². The van der Waals surface area contributed by atoms with Gasteiger partial charge in [-0.25, -0.2) is 4.79 Å². The molecule has 0 aliphatic rings. The average Bonchev–Trinajstić information content (AvgIpc) is 3.41. The van der Waals surface area contributed by atoms with Gasteiger partial charge in [0.15, 0.2) is 0 Å². The highest BCUT2D eigenvalue weighted by atomic mass is 16.2. The number of rotatable bonds is 5. The number of aryl methyl sites for hydroxylation is 1. The lowest BCUT2D eigenvalue weighted by Crippen LogP contribution is -2.19. The van der Waals surface area contributed by atoms with Gasteiger partial charge in [0.25, 0.3) is 0 Å². The minimum atomic E-state index is -0.282. The van der Waals surface area contributed by atoms with Gasteiger partial charge in [-0.15, -0.1) is 0 Å². The predicted molar refractivity (Wildman–Crippen MR) is 129 cm³/mol. The Morgan fingerprint density at radius 3 is 2.53 bits per heavy atom. The number of urea groups is 1. The smallest absolute Gasteiger partial charge is 0.323 e. The van der Waals surface area contributed by atoms with Crippen LogP contribution in [-0.2, 0) is 13.6 Å². The zero-order valence-corrected chi connectivity index (χ0v) is 17.7. The molecule has 3 aromatic carbocycles. The highest BCUT2D eigenvalue weighted by molar-refractivity contribution is 6.01. The number of carbonyl (C=O) groups excluding carboxylic acids is 1. The molecule has 0 spiro atoms. The number of nitrogens with zero attached hydrogens (tertiary/aromatic N) is 3. The summed E-state index contributed by atoms with van der Waals surface area (Å²) in [5, 5.41) is 11.4. The minimum absolute atomic E-state index is 0.282. The summed E-state index contributed by atoms with van der Waals surface area (Å²) in [6.07, 6.45) is 3.80. The summed E-state index contributed by atoms with van der Waals surface area (Å²) >= 11 is 0. The molecule has 158 valence electrons. The van der Waals surface area contributed by atoms with Crippen LogP contribution in [0.5, 0.6) is 0 Å². The van der Waals surface area contributed by atoms with E-state index in [9.17, 15) is 4.79 Å². The highest BCUT2D eigenvalue weighted by Crippen LogP contribution is 2.24. The minimum Gasteiger partial charge on any atom is -0.351 e. The lowest BCUT2D eigenvalue weighted by molar-refractivity contribution is 0.262. The quantitative estimate of drug-likeness (QED) is 0.380. The van der Waals surface area contributed by atoms with E-state index >= 15 is 0 Å². The molecule has 6 nitrogen and oxygen atoms in total. The van der Waals surface area contributed by atoms with Crippen LogP contribution in [0.25, 0.3) is 22.2 Å². The maximum atomic E-state index is 12.6. The van der Waals surface area contributed by atoms with Gasteiger partial charge in [-0.3, -0.25) is 4.68 Å². The van der Waals surface area contributed by atoms with Crippen LogP contribution in [0.1, 0.15) is 5.56 Å². The number of hydrogen-bond acceptors (Lipinski definition) is 2. The van der Waals surface area contributed by atoms with Crippen LogP contribution in [0, 0.1) is 0 Å². The van der Waals surface area contributed by atoms with E-state index in [1.165, 1.54) is 5.56 Å². The monoisotopic (exact) mass is 421 g/mol. The second-order valence-corrected chi connectivity index (χ2v) is 7.72. The maximum absolute atomic E-state index is 12.6. The molecule has 0 fully saturated rings. The fourth-order valence-corrected chi connectivity index (χ4v) is 3.87. The van der Waals surface area contributed by atoms with Crippen molar-refractivity contribution in [2.75, 3.05) is 10.6 Å². The van der Waals surface area contributed by atoms with E-state index in [1.807, 2.05) is 95.3 Å². The Morgan fingerprint density at radius 1 is 0.875 bits per heavy atom. The van der Waals surface area contributed by atoms with E-state index in [2.05, 4.69) is 27.9 Å². The van der Waals surface area contributed by atoms with Gasteiger partial charge in [0.05, 0.1) is 12.2 Å². The summed E-state index contributed by atoms with van der Waals surface area (Å²) in [6, 6.07) is 27.6. The van der Waals surface area contributed by atoms with Crippen LogP contribution in [0.15, 0.2) is 97.3 Å². The van der Waals surface area contributed by atoms with Crippen LogP contribution >= 0.6 is 0 Å². The fraction of sp³-hybridized carbons (Fsp3) is 0.0769. The van der Waals surface area contributed by atoms with E-state index in [1.54, 1.807) is 6.20 Å². The topological polar surface area (TPSA) is 63.9 Å². The van der Waals surface area contributed by atoms with Crippen molar-refractivity contribution in [3.8, 4) is 11.3 Å². The molecule has 6 heteroatoms. The zero-order valence-electron chi connectivity index (χ0n) is 17.7. The largest absolute Gasteiger partial charge is 0.351 e. The van der Waals surface area contributed by atoms with Gasteiger partial charge in [0.1, 0.15) is 0 Å². The first kappa shape index (κ1) is 19.6. The van der Waals surface area contributed by atoms with Gasteiger partial charge in [-0.1, -0.05) is 42.5 Å². The number of hydrogen-bond donors (Lipinski definition) is 2. The van der Waals surface area contributed by atoms with Crippen molar-refractivity contribution in [1.29, 1.82) is 0 Å². The number of fused-ring (bicyclic) bond motifs is 1. The molecule has 0 saturated carbocycles. The Balaban J connectivity index is 1.31. The van der Waals surface area contributed by atoms with Gasteiger partial charge in [-0.2, -0.15) is 5.10 Å². The molecule has 2 amide bonds. The Kier molecular flexibility index (Phi) is 5.17. The predicted octanol–water partition coefficient (Wildman–Crippen LogP) is 5.73. The van der Waals surface area contributed by atoms with Crippen molar-refractivity contribution in [3.63, 3.8) is 0 Å². The molecule has 0 unspecified atom stereocenters. The third-order valence-corrected chi connectivity index (χ3v) is 5.45. The summed E-state index contributed by atoms with van der Waals surface area (Å²) in [7, 11) is 2.00. The lowest BCUT2D eigenvalue weighted by atomic mass is 10.1. The van der Waals surface area contributed by atoms with Crippen LogP contribution in [0.4, 0.5) is 16.2 Å². The van der Waals surface area contributed by atoms with Crippen LogP contribution in [0.2, 0.25) is 0 Å². The van der Waals surface area contributed by atoms with Crippen LogP contribution in [0.3, 0.4) is 0 Å². The first-order valence-corrected chi connectivity index (χ1v) is 10.4. The summed E-state index contributed by atoms with van der Waals surface area (Å²) in [5.41, 5.74) is 5.75. The van der Waals surface area contributed by atoms with Crippen molar-refractivity contribution in [1.82, 2.24) is 14.3 Å². The average molecular weight is 422 g/mol. The normalized spacial score (nSPS) is 10.9. The van der Waals surface area contributed by atoms with E-state index in [0.717, 1.165) is 27.8 Å². The van der Waals surface area contributed by atoms with Crippen molar-refractivity contribution < 1.29 is 4.79 Å². The molecule has 0 aliphatic heterocycles. The Bertz CT molecular complexity index is 1380. The Labute approximate surface area is 186 Å². The first-order chi connectivity index (χ1) is 15.7. The van der Waals surface area contributed by atoms with Crippen molar-refractivity contribution in [2.24, 2.45) is 7.05 Å². The summed E-state index contributed by atoms with van der Waals surface area (Å²) in [6.45, 7) is 0.684. The molecule has 0 aliphatic carbocycles. The Morgan fingerprint density at radius 2 is 1.69 bits per heavy atom. The molecule has 0 bridgehead atoms. The van der Waals surface area contributed by atoms with Gasteiger partial charge >= 0.3 is 6.03 Å². The molecule has 0 radical (unpaired) electrons. The molecule has 2 aromatic heterocycles. The molecule has 32 heavy (non-hydrogen) atoms. The standard InChI is InChI=1S/C26H23N5O/c1-30-15-13-21-17-23(10-11-24(21)30)29-26(32)28-22-9-5-8-20(16-22)25-12-14-27-31(25)18-19-6-3-2-4-7-19/h2-17H,18H2,1H3,(H2,28,29,32).